The number of hydrogen-bond acceptors (Lipinski definition) is 1. The number of alkyl halides is 3. The lowest BCUT2D eigenvalue weighted by atomic mass is 9.95. The van der Waals surface area contributed by atoms with Crippen molar-refractivity contribution in [1.82, 2.24) is 0 Å². The molecule has 2 heterocycles. The molecule has 0 saturated carbocycles. The normalized spacial score (nSPS) is 25.9. The van der Waals surface area contributed by atoms with Crippen LogP contribution in [0.25, 0.3) is 0 Å². The highest BCUT2D eigenvalue weighted by Gasteiger charge is 2.36. The lowest BCUT2D eigenvalue weighted by Gasteiger charge is -2.33. The van der Waals surface area contributed by atoms with Crippen LogP contribution in [0.15, 0.2) is 52.3 Å². The first-order chi connectivity index (χ1) is 12.4. The molecule has 1 saturated heterocycles. The van der Waals surface area contributed by atoms with Crippen molar-refractivity contribution < 1.29 is 23.0 Å². The molecule has 0 radical (unpaired) electrons. The first-order valence-corrected chi connectivity index (χ1v) is 9.86. The van der Waals surface area contributed by atoms with E-state index in [2.05, 4.69) is 13.1 Å². The molecule has 2 aromatic carbocycles. The van der Waals surface area contributed by atoms with Crippen LogP contribution < -0.4 is 9.80 Å². The SMILES string of the molecule is C[NH+]1CC[NH+]([C@H]2Cc3ccccc3Sc3cc(C(F)(F)F)ccc32)CC1. The van der Waals surface area contributed by atoms with Crippen LogP contribution >= 0.6 is 11.8 Å². The van der Waals surface area contributed by atoms with Crippen LogP contribution in [0.1, 0.15) is 22.7 Å². The summed E-state index contributed by atoms with van der Waals surface area (Å²) in [6, 6.07) is 12.7. The highest BCUT2D eigenvalue weighted by atomic mass is 32.2. The fraction of sp³-hybridized carbons (Fsp3) is 0.400. The fourth-order valence-electron chi connectivity index (χ4n) is 4.02. The van der Waals surface area contributed by atoms with Gasteiger partial charge in [0.2, 0.25) is 0 Å². The zero-order chi connectivity index (χ0) is 18.3. The second kappa shape index (κ2) is 6.91. The summed E-state index contributed by atoms with van der Waals surface area (Å²) < 4.78 is 39.7. The monoisotopic (exact) mass is 380 g/mol. The molecule has 0 unspecified atom stereocenters. The van der Waals surface area contributed by atoms with Gasteiger partial charge in [-0.2, -0.15) is 13.2 Å². The van der Waals surface area contributed by atoms with Crippen LogP contribution in [0.4, 0.5) is 13.2 Å². The summed E-state index contributed by atoms with van der Waals surface area (Å²) in [5, 5.41) is 0. The molecule has 26 heavy (non-hydrogen) atoms. The van der Waals surface area contributed by atoms with Crippen LogP contribution in [-0.4, -0.2) is 33.2 Å². The van der Waals surface area contributed by atoms with Crippen LogP contribution in [0.3, 0.4) is 0 Å². The minimum absolute atomic E-state index is 0.219. The topological polar surface area (TPSA) is 8.88 Å². The molecule has 0 aliphatic carbocycles. The molecule has 2 N–H and O–H groups in total. The third-order valence-electron chi connectivity index (χ3n) is 5.57. The molecule has 6 heteroatoms. The Morgan fingerprint density at radius 2 is 1.69 bits per heavy atom. The summed E-state index contributed by atoms with van der Waals surface area (Å²) in [6.45, 7) is 4.33. The Labute approximate surface area is 156 Å². The second-order valence-electron chi connectivity index (χ2n) is 7.33. The van der Waals surface area contributed by atoms with Crippen LogP contribution in [0, 0.1) is 0 Å². The van der Waals surface area contributed by atoms with Gasteiger partial charge in [-0.1, -0.05) is 36.0 Å². The summed E-state index contributed by atoms with van der Waals surface area (Å²) in [4.78, 5) is 4.86. The average Bonchev–Trinajstić information content (AvgIpc) is 2.77. The van der Waals surface area contributed by atoms with Crippen molar-refractivity contribution >= 4 is 11.8 Å². The molecule has 0 bridgehead atoms. The van der Waals surface area contributed by atoms with E-state index in [0.29, 0.717) is 0 Å². The van der Waals surface area contributed by atoms with E-state index in [0.717, 1.165) is 48.0 Å². The molecule has 1 fully saturated rings. The largest absolute Gasteiger partial charge is 0.416 e. The summed E-state index contributed by atoms with van der Waals surface area (Å²) in [7, 11) is 2.21. The molecule has 2 aliphatic rings. The maximum Gasteiger partial charge on any atom is 0.416 e. The lowest BCUT2D eigenvalue weighted by Crippen LogP contribution is -3.27. The Morgan fingerprint density at radius 1 is 0.962 bits per heavy atom. The fourth-order valence-corrected chi connectivity index (χ4v) is 5.20. The molecule has 2 aliphatic heterocycles. The van der Waals surface area contributed by atoms with Gasteiger partial charge in [0.05, 0.1) is 12.6 Å². The number of quaternary nitrogens is 2. The first kappa shape index (κ1) is 17.9. The van der Waals surface area contributed by atoms with Crippen molar-refractivity contribution in [3.8, 4) is 0 Å². The molecule has 4 rings (SSSR count). The number of likely N-dealkylation sites (N-methyl/N-ethyl adjacent to an activating group) is 1. The minimum atomic E-state index is -4.30. The Morgan fingerprint density at radius 3 is 2.42 bits per heavy atom. The number of piperazine rings is 1. The quantitative estimate of drug-likeness (QED) is 0.768. The predicted molar refractivity (Wildman–Crippen MR) is 95.8 cm³/mol. The van der Waals surface area contributed by atoms with E-state index in [4.69, 9.17) is 0 Å². The van der Waals surface area contributed by atoms with E-state index in [1.807, 2.05) is 18.2 Å². The third-order valence-corrected chi connectivity index (χ3v) is 6.76. The van der Waals surface area contributed by atoms with Gasteiger partial charge in [0.1, 0.15) is 32.2 Å². The molecule has 2 aromatic rings. The van der Waals surface area contributed by atoms with Gasteiger partial charge < -0.3 is 9.80 Å². The number of rotatable bonds is 1. The standard InChI is InChI=1S/C20H21F3N2S/c1-24-8-10-25(11-9-24)17-12-14-4-2-3-5-18(14)26-19-13-15(20(21,22)23)6-7-16(17)19/h2-7,13,17H,8-12H2,1H3/p+2/t17-/m0/s1. The number of hydrogen-bond donors (Lipinski definition) is 2. The highest BCUT2D eigenvalue weighted by Crippen LogP contribution is 2.42. The Kier molecular flexibility index (Phi) is 4.75. The van der Waals surface area contributed by atoms with Gasteiger partial charge in [-0.15, -0.1) is 0 Å². The van der Waals surface area contributed by atoms with Gasteiger partial charge in [0.15, 0.2) is 0 Å². The molecule has 0 amide bonds. The predicted octanol–water partition coefficient (Wildman–Crippen LogP) is 1.87. The van der Waals surface area contributed by atoms with Gasteiger partial charge in [-0.25, -0.2) is 0 Å². The minimum Gasteiger partial charge on any atom is -0.328 e. The van der Waals surface area contributed by atoms with Gasteiger partial charge in [0, 0.05) is 21.8 Å². The third kappa shape index (κ3) is 3.50. The van der Waals surface area contributed by atoms with E-state index in [9.17, 15) is 13.2 Å². The van der Waals surface area contributed by atoms with Crippen LogP contribution in [0.2, 0.25) is 0 Å². The molecule has 1 atom stereocenters. The zero-order valence-electron chi connectivity index (χ0n) is 14.7. The molecular weight excluding hydrogens is 357 g/mol. The summed E-state index contributed by atoms with van der Waals surface area (Å²) >= 11 is 1.48. The van der Waals surface area contributed by atoms with E-state index >= 15 is 0 Å². The lowest BCUT2D eigenvalue weighted by molar-refractivity contribution is -1.02. The maximum atomic E-state index is 13.2. The molecule has 0 aromatic heterocycles. The van der Waals surface area contributed by atoms with Gasteiger partial charge >= 0.3 is 6.18 Å². The van der Waals surface area contributed by atoms with Gasteiger partial charge in [-0.3, -0.25) is 0 Å². The first-order valence-electron chi connectivity index (χ1n) is 9.04. The second-order valence-corrected chi connectivity index (χ2v) is 8.42. The Bertz CT molecular complexity index is 798. The summed E-state index contributed by atoms with van der Waals surface area (Å²) in [6.07, 6.45) is -3.42. The molecule has 138 valence electrons. The van der Waals surface area contributed by atoms with Crippen molar-refractivity contribution in [3.63, 3.8) is 0 Å². The summed E-state index contributed by atoms with van der Waals surface area (Å²) in [5.74, 6) is 0. The van der Waals surface area contributed by atoms with Crippen LogP contribution in [-0.2, 0) is 12.6 Å². The number of nitrogens with one attached hydrogen (secondary N) is 2. The smallest absolute Gasteiger partial charge is 0.328 e. The number of fused-ring (bicyclic) bond motifs is 2. The van der Waals surface area contributed by atoms with E-state index in [-0.39, 0.29) is 6.04 Å². The zero-order valence-corrected chi connectivity index (χ0v) is 15.5. The molecular formula is C20H23F3N2S+2. The van der Waals surface area contributed by atoms with Crippen LogP contribution in [0.5, 0.6) is 0 Å². The van der Waals surface area contributed by atoms with Gasteiger partial charge in [-0.05, 0) is 23.8 Å². The number of benzene rings is 2. The Balaban J connectivity index is 1.77. The van der Waals surface area contributed by atoms with E-state index in [1.165, 1.54) is 39.3 Å². The molecule has 0 spiro atoms. The van der Waals surface area contributed by atoms with Crippen molar-refractivity contribution in [2.24, 2.45) is 0 Å². The van der Waals surface area contributed by atoms with Crippen molar-refractivity contribution in [2.45, 2.75) is 28.4 Å². The van der Waals surface area contributed by atoms with Crippen molar-refractivity contribution in [2.75, 3.05) is 33.2 Å². The average molecular weight is 380 g/mol. The highest BCUT2D eigenvalue weighted by molar-refractivity contribution is 7.99. The van der Waals surface area contributed by atoms with Crippen molar-refractivity contribution in [1.29, 1.82) is 0 Å². The number of halogens is 3. The Hall–Kier alpha value is -1.50. The summed E-state index contributed by atoms with van der Waals surface area (Å²) in [5.41, 5.74) is 1.75. The van der Waals surface area contributed by atoms with E-state index < -0.39 is 11.7 Å². The van der Waals surface area contributed by atoms with E-state index in [1.54, 1.807) is 6.07 Å². The maximum absolute atomic E-state index is 13.2. The van der Waals surface area contributed by atoms with Crippen molar-refractivity contribution in [3.05, 3.63) is 59.2 Å². The van der Waals surface area contributed by atoms with Gasteiger partial charge in [0.25, 0.3) is 0 Å². The molecule has 2 nitrogen and oxygen atoms in total.